The van der Waals surface area contributed by atoms with E-state index in [0.29, 0.717) is 6.10 Å². The second kappa shape index (κ2) is 5.68. The van der Waals surface area contributed by atoms with Crippen molar-refractivity contribution in [3.05, 3.63) is 0 Å². The predicted octanol–water partition coefficient (Wildman–Crippen LogP) is 1.63. The molecule has 0 aromatic rings. The van der Waals surface area contributed by atoms with E-state index in [2.05, 4.69) is 10.2 Å². The predicted molar refractivity (Wildman–Crippen MR) is 69.2 cm³/mol. The minimum Gasteiger partial charge on any atom is -0.377 e. The molecule has 1 saturated carbocycles. The molecule has 2 aliphatic heterocycles. The molecule has 0 aromatic carbocycles. The van der Waals surface area contributed by atoms with Crippen molar-refractivity contribution in [2.45, 2.75) is 50.7 Å². The summed E-state index contributed by atoms with van der Waals surface area (Å²) in [5.74, 6) is 0.888. The van der Waals surface area contributed by atoms with Crippen LogP contribution in [0.15, 0.2) is 0 Å². The van der Waals surface area contributed by atoms with Crippen molar-refractivity contribution in [1.82, 2.24) is 10.2 Å². The van der Waals surface area contributed by atoms with E-state index in [1.54, 1.807) is 0 Å². The highest BCUT2D eigenvalue weighted by molar-refractivity contribution is 4.85. The SMILES string of the molecule is C1CCC(CN2CCC(CNC3CC3)C2)OC1. The molecule has 2 saturated heterocycles. The van der Waals surface area contributed by atoms with Crippen molar-refractivity contribution in [3.8, 4) is 0 Å². The summed E-state index contributed by atoms with van der Waals surface area (Å²) in [6, 6.07) is 0.866. The number of nitrogens with zero attached hydrogens (tertiary/aromatic N) is 1. The normalized spacial score (nSPS) is 35.3. The van der Waals surface area contributed by atoms with Crippen LogP contribution in [0.4, 0.5) is 0 Å². The van der Waals surface area contributed by atoms with Crippen LogP contribution in [0.25, 0.3) is 0 Å². The number of hydrogen-bond donors (Lipinski definition) is 1. The highest BCUT2D eigenvalue weighted by Crippen LogP contribution is 2.22. The van der Waals surface area contributed by atoms with Crippen LogP contribution in [0.2, 0.25) is 0 Å². The third kappa shape index (κ3) is 3.67. The van der Waals surface area contributed by atoms with Crippen molar-refractivity contribution in [3.63, 3.8) is 0 Å². The Morgan fingerprint density at radius 3 is 2.82 bits per heavy atom. The summed E-state index contributed by atoms with van der Waals surface area (Å²) < 4.78 is 5.83. The van der Waals surface area contributed by atoms with Crippen LogP contribution >= 0.6 is 0 Å². The van der Waals surface area contributed by atoms with Gasteiger partial charge >= 0.3 is 0 Å². The zero-order valence-corrected chi connectivity index (χ0v) is 10.9. The van der Waals surface area contributed by atoms with Gasteiger partial charge in [-0.25, -0.2) is 0 Å². The van der Waals surface area contributed by atoms with Gasteiger partial charge in [-0.15, -0.1) is 0 Å². The van der Waals surface area contributed by atoms with Crippen molar-refractivity contribution < 1.29 is 4.74 Å². The second-order valence-corrected chi connectivity index (χ2v) is 6.09. The minimum atomic E-state index is 0.527. The van der Waals surface area contributed by atoms with Gasteiger partial charge in [0.2, 0.25) is 0 Å². The topological polar surface area (TPSA) is 24.5 Å². The van der Waals surface area contributed by atoms with Crippen LogP contribution in [0.1, 0.15) is 38.5 Å². The van der Waals surface area contributed by atoms with Gasteiger partial charge in [-0.3, -0.25) is 0 Å². The number of likely N-dealkylation sites (tertiary alicyclic amines) is 1. The summed E-state index contributed by atoms with van der Waals surface area (Å²) in [4.78, 5) is 2.62. The standard InChI is InChI=1S/C14H26N2O/c1-2-8-17-14(3-1)11-16-7-6-12(10-16)9-15-13-4-5-13/h12-15H,1-11H2. The maximum atomic E-state index is 5.83. The Kier molecular flexibility index (Phi) is 3.99. The third-order valence-electron chi connectivity index (χ3n) is 4.38. The van der Waals surface area contributed by atoms with Gasteiger partial charge in [0.15, 0.2) is 0 Å². The third-order valence-corrected chi connectivity index (χ3v) is 4.38. The van der Waals surface area contributed by atoms with E-state index in [-0.39, 0.29) is 0 Å². The van der Waals surface area contributed by atoms with Gasteiger partial charge in [-0.05, 0) is 57.5 Å². The highest BCUT2D eigenvalue weighted by atomic mass is 16.5. The number of ether oxygens (including phenoxy) is 1. The first-order valence-electron chi connectivity index (χ1n) is 7.47. The molecule has 1 N–H and O–H groups in total. The van der Waals surface area contributed by atoms with E-state index >= 15 is 0 Å². The Hall–Kier alpha value is -0.120. The zero-order chi connectivity index (χ0) is 11.5. The van der Waals surface area contributed by atoms with Crippen LogP contribution in [-0.4, -0.2) is 49.8 Å². The van der Waals surface area contributed by atoms with Crippen LogP contribution < -0.4 is 5.32 Å². The van der Waals surface area contributed by atoms with E-state index in [1.165, 1.54) is 64.7 Å². The summed E-state index contributed by atoms with van der Waals surface area (Å²) in [6.07, 6.45) is 8.64. The molecular weight excluding hydrogens is 212 g/mol. The summed E-state index contributed by atoms with van der Waals surface area (Å²) >= 11 is 0. The first-order valence-corrected chi connectivity index (χ1v) is 7.47. The van der Waals surface area contributed by atoms with Crippen LogP contribution in [-0.2, 0) is 4.74 Å². The Morgan fingerprint density at radius 1 is 1.12 bits per heavy atom. The fourth-order valence-electron chi connectivity index (χ4n) is 3.11. The molecule has 0 bridgehead atoms. The highest BCUT2D eigenvalue weighted by Gasteiger charge is 2.27. The van der Waals surface area contributed by atoms with Crippen molar-refractivity contribution in [1.29, 1.82) is 0 Å². The lowest BCUT2D eigenvalue weighted by molar-refractivity contribution is -0.00236. The fourth-order valence-corrected chi connectivity index (χ4v) is 3.11. The Balaban J connectivity index is 1.34. The largest absolute Gasteiger partial charge is 0.377 e. The van der Waals surface area contributed by atoms with E-state index in [4.69, 9.17) is 4.74 Å². The van der Waals surface area contributed by atoms with Crippen molar-refractivity contribution in [2.75, 3.05) is 32.8 Å². The number of nitrogens with one attached hydrogen (secondary N) is 1. The van der Waals surface area contributed by atoms with Gasteiger partial charge in [-0.2, -0.15) is 0 Å². The van der Waals surface area contributed by atoms with Gasteiger partial charge in [-0.1, -0.05) is 0 Å². The molecule has 0 aromatic heterocycles. The lowest BCUT2D eigenvalue weighted by Crippen LogP contribution is -2.35. The van der Waals surface area contributed by atoms with Gasteiger partial charge in [0, 0.05) is 25.7 Å². The summed E-state index contributed by atoms with van der Waals surface area (Å²) in [5, 5.41) is 3.66. The molecular formula is C14H26N2O. The van der Waals surface area contributed by atoms with E-state index in [1.807, 2.05) is 0 Å². The molecule has 98 valence electrons. The van der Waals surface area contributed by atoms with E-state index in [9.17, 15) is 0 Å². The molecule has 3 heteroatoms. The maximum Gasteiger partial charge on any atom is 0.0702 e. The van der Waals surface area contributed by atoms with E-state index < -0.39 is 0 Å². The lowest BCUT2D eigenvalue weighted by atomic mass is 10.1. The van der Waals surface area contributed by atoms with Crippen molar-refractivity contribution in [2.24, 2.45) is 5.92 Å². The van der Waals surface area contributed by atoms with Crippen LogP contribution in [0, 0.1) is 5.92 Å². The zero-order valence-electron chi connectivity index (χ0n) is 10.9. The smallest absolute Gasteiger partial charge is 0.0702 e. The molecule has 1 aliphatic carbocycles. The molecule has 3 fully saturated rings. The molecule has 2 unspecified atom stereocenters. The molecule has 3 aliphatic rings. The molecule has 3 rings (SSSR count). The summed E-state index contributed by atoms with van der Waals surface area (Å²) in [6.45, 7) is 5.99. The van der Waals surface area contributed by atoms with Gasteiger partial charge in [0.05, 0.1) is 6.10 Å². The summed E-state index contributed by atoms with van der Waals surface area (Å²) in [5.41, 5.74) is 0. The number of rotatable bonds is 5. The van der Waals surface area contributed by atoms with Gasteiger partial charge in [0.25, 0.3) is 0 Å². The Labute approximate surface area is 105 Å². The average molecular weight is 238 g/mol. The number of hydrogen-bond acceptors (Lipinski definition) is 3. The average Bonchev–Trinajstić information content (AvgIpc) is 3.09. The molecule has 2 heterocycles. The first-order chi connectivity index (χ1) is 8.40. The van der Waals surface area contributed by atoms with Crippen LogP contribution in [0.3, 0.4) is 0 Å². The van der Waals surface area contributed by atoms with Gasteiger partial charge in [0.1, 0.15) is 0 Å². The minimum absolute atomic E-state index is 0.527. The first kappa shape index (κ1) is 11.9. The van der Waals surface area contributed by atoms with E-state index in [0.717, 1.165) is 18.6 Å². The monoisotopic (exact) mass is 238 g/mol. The lowest BCUT2D eigenvalue weighted by Gasteiger charge is -2.27. The Morgan fingerprint density at radius 2 is 2.06 bits per heavy atom. The maximum absolute atomic E-state index is 5.83. The van der Waals surface area contributed by atoms with Crippen LogP contribution in [0.5, 0.6) is 0 Å². The summed E-state index contributed by atoms with van der Waals surface area (Å²) in [7, 11) is 0. The molecule has 3 nitrogen and oxygen atoms in total. The Bertz CT molecular complexity index is 236. The quantitative estimate of drug-likeness (QED) is 0.788. The molecule has 2 atom stereocenters. The molecule has 0 spiro atoms. The molecule has 0 radical (unpaired) electrons. The molecule has 17 heavy (non-hydrogen) atoms. The van der Waals surface area contributed by atoms with Crippen molar-refractivity contribution >= 4 is 0 Å². The molecule has 0 amide bonds. The second-order valence-electron chi connectivity index (χ2n) is 6.09. The van der Waals surface area contributed by atoms with Gasteiger partial charge < -0.3 is 15.0 Å². The fraction of sp³-hybridized carbons (Fsp3) is 1.00.